The number of piperidine rings is 1. The molecular weight excluding hydrogens is 322 g/mol. The lowest BCUT2D eigenvalue weighted by atomic mass is 10.1. The summed E-state index contributed by atoms with van der Waals surface area (Å²) in [6.07, 6.45) is 1.09. The van der Waals surface area contributed by atoms with Crippen LogP contribution in [-0.2, 0) is 13.1 Å². The molecule has 3 nitrogen and oxygen atoms in total. The summed E-state index contributed by atoms with van der Waals surface area (Å²) in [5.41, 5.74) is 3.10. The predicted molar refractivity (Wildman–Crippen MR) is 95.5 cm³/mol. The summed E-state index contributed by atoms with van der Waals surface area (Å²) in [6, 6.07) is 10.3. The average Bonchev–Trinajstić information content (AvgIpc) is 2.59. The van der Waals surface area contributed by atoms with Gasteiger partial charge in [0.15, 0.2) is 0 Å². The maximum atomic E-state index is 14.4. The first-order chi connectivity index (χ1) is 12.0. The van der Waals surface area contributed by atoms with Crippen LogP contribution in [-0.4, -0.2) is 24.3 Å². The molecule has 1 aliphatic heterocycles. The van der Waals surface area contributed by atoms with E-state index >= 15 is 0 Å². The Kier molecular flexibility index (Phi) is 5.66. The number of halogens is 2. The Balaban J connectivity index is 1.56. The third kappa shape index (κ3) is 4.55. The molecule has 0 spiro atoms. The summed E-state index contributed by atoms with van der Waals surface area (Å²) in [5, 5.41) is 12.8. The molecule has 0 atom stereocenters. The summed E-state index contributed by atoms with van der Waals surface area (Å²) in [5.74, 6) is -0.431. The second kappa shape index (κ2) is 7.93. The second-order valence-electron chi connectivity index (χ2n) is 6.69. The fraction of sp³-hybridized carbons (Fsp3) is 0.400. The number of nitrogens with zero attached hydrogens (tertiary/aromatic N) is 1. The highest BCUT2D eigenvalue weighted by molar-refractivity contribution is 5.49. The Hall–Kier alpha value is -1.98. The average molecular weight is 346 g/mol. The van der Waals surface area contributed by atoms with Crippen molar-refractivity contribution in [3.63, 3.8) is 0 Å². The summed E-state index contributed by atoms with van der Waals surface area (Å²) < 4.78 is 27.7. The van der Waals surface area contributed by atoms with E-state index in [0.29, 0.717) is 50.3 Å². The second-order valence-corrected chi connectivity index (χ2v) is 6.69. The zero-order valence-electron chi connectivity index (χ0n) is 14.4. The SMILES string of the molecule is Cc1cc(CNCc2ccc(N3CCC(O)CC3)c(F)c2)ccc1F. The lowest BCUT2D eigenvalue weighted by molar-refractivity contribution is 0.145. The Morgan fingerprint density at radius 2 is 1.64 bits per heavy atom. The highest BCUT2D eigenvalue weighted by Crippen LogP contribution is 2.24. The molecule has 0 radical (unpaired) electrons. The van der Waals surface area contributed by atoms with Crippen LogP contribution in [0, 0.1) is 18.6 Å². The van der Waals surface area contributed by atoms with Crippen LogP contribution in [0.2, 0.25) is 0 Å². The van der Waals surface area contributed by atoms with Gasteiger partial charge in [-0.3, -0.25) is 0 Å². The topological polar surface area (TPSA) is 35.5 Å². The zero-order chi connectivity index (χ0) is 17.8. The lowest BCUT2D eigenvalue weighted by Gasteiger charge is -2.31. The van der Waals surface area contributed by atoms with Gasteiger partial charge in [0, 0.05) is 26.2 Å². The van der Waals surface area contributed by atoms with Crippen LogP contribution in [0.5, 0.6) is 0 Å². The molecule has 0 amide bonds. The molecule has 1 heterocycles. The lowest BCUT2D eigenvalue weighted by Crippen LogP contribution is -2.36. The van der Waals surface area contributed by atoms with E-state index in [1.54, 1.807) is 19.1 Å². The van der Waals surface area contributed by atoms with E-state index in [0.717, 1.165) is 11.1 Å². The van der Waals surface area contributed by atoms with Crippen molar-refractivity contribution >= 4 is 5.69 Å². The van der Waals surface area contributed by atoms with Gasteiger partial charge in [0.25, 0.3) is 0 Å². The summed E-state index contributed by atoms with van der Waals surface area (Å²) in [7, 11) is 0. The van der Waals surface area contributed by atoms with Gasteiger partial charge in [-0.05, 0) is 54.7 Å². The van der Waals surface area contributed by atoms with Crippen LogP contribution in [0.25, 0.3) is 0 Å². The number of aliphatic hydroxyl groups is 1. The minimum absolute atomic E-state index is 0.202. The minimum Gasteiger partial charge on any atom is -0.393 e. The standard InChI is InChI=1S/C20H24F2N2O/c1-14-10-15(2-4-18(14)21)12-23-13-16-3-5-20(19(22)11-16)24-8-6-17(25)7-9-24/h2-5,10-11,17,23,25H,6-9,12-13H2,1H3. The Morgan fingerprint density at radius 1 is 1.00 bits per heavy atom. The smallest absolute Gasteiger partial charge is 0.146 e. The van der Waals surface area contributed by atoms with Crippen molar-refractivity contribution < 1.29 is 13.9 Å². The number of hydrogen-bond donors (Lipinski definition) is 2. The minimum atomic E-state index is -0.266. The van der Waals surface area contributed by atoms with Crippen molar-refractivity contribution in [3.8, 4) is 0 Å². The maximum Gasteiger partial charge on any atom is 0.146 e. The number of nitrogens with one attached hydrogen (secondary N) is 1. The normalized spacial score (nSPS) is 15.6. The largest absolute Gasteiger partial charge is 0.393 e. The molecule has 0 bridgehead atoms. The van der Waals surface area contributed by atoms with Gasteiger partial charge >= 0.3 is 0 Å². The fourth-order valence-electron chi connectivity index (χ4n) is 3.19. The van der Waals surface area contributed by atoms with Crippen LogP contribution in [0.4, 0.5) is 14.5 Å². The predicted octanol–water partition coefficient (Wildman–Crippen LogP) is 3.52. The van der Waals surface area contributed by atoms with Crippen LogP contribution >= 0.6 is 0 Å². The van der Waals surface area contributed by atoms with Gasteiger partial charge in [0.1, 0.15) is 11.6 Å². The van der Waals surface area contributed by atoms with E-state index < -0.39 is 0 Å². The molecule has 1 fully saturated rings. The molecule has 1 saturated heterocycles. The van der Waals surface area contributed by atoms with E-state index in [4.69, 9.17) is 0 Å². The van der Waals surface area contributed by atoms with Crippen molar-refractivity contribution in [2.24, 2.45) is 0 Å². The molecule has 2 N–H and O–H groups in total. The molecule has 2 aromatic rings. The molecule has 134 valence electrons. The van der Waals surface area contributed by atoms with Crippen molar-refractivity contribution in [1.82, 2.24) is 5.32 Å². The Morgan fingerprint density at radius 3 is 2.28 bits per heavy atom. The van der Waals surface area contributed by atoms with Gasteiger partial charge < -0.3 is 15.3 Å². The van der Waals surface area contributed by atoms with Gasteiger partial charge in [0.2, 0.25) is 0 Å². The molecular formula is C20H24F2N2O. The van der Waals surface area contributed by atoms with Crippen LogP contribution in [0.15, 0.2) is 36.4 Å². The van der Waals surface area contributed by atoms with E-state index in [2.05, 4.69) is 5.32 Å². The third-order valence-corrected chi connectivity index (χ3v) is 4.70. The highest BCUT2D eigenvalue weighted by Gasteiger charge is 2.19. The van der Waals surface area contributed by atoms with Crippen molar-refractivity contribution in [2.45, 2.75) is 39.0 Å². The summed E-state index contributed by atoms with van der Waals surface area (Å²) in [4.78, 5) is 1.99. The van der Waals surface area contributed by atoms with Gasteiger partial charge in [-0.1, -0.05) is 18.2 Å². The molecule has 0 saturated carbocycles. The first kappa shape index (κ1) is 17.8. The highest BCUT2D eigenvalue weighted by atomic mass is 19.1. The third-order valence-electron chi connectivity index (χ3n) is 4.70. The van der Waals surface area contributed by atoms with Crippen LogP contribution in [0.1, 0.15) is 29.5 Å². The van der Waals surface area contributed by atoms with Crippen LogP contribution in [0.3, 0.4) is 0 Å². The maximum absolute atomic E-state index is 14.4. The summed E-state index contributed by atoms with van der Waals surface area (Å²) in [6.45, 7) is 4.26. The van der Waals surface area contributed by atoms with Crippen molar-refractivity contribution in [1.29, 1.82) is 0 Å². The van der Waals surface area contributed by atoms with Gasteiger partial charge in [-0.15, -0.1) is 0 Å². The van der Waals surface area contributed by atoms with Crippen molar-refractivity contribution in [3.05, 3.63) is 64.7 Å². The Bertz CT molecular complexity index is 728. The number of anilines is 1. The molecule has 0 unspecified atom stereocenters. The Labute approximate surface area is 147 Å². The quantitative estimate of drug-likeness (QED) is 0.869. The van der Waals surface area contributed by atoms with Gasteiger partial charge in [-0.2, -0.15) is 0 Å². The first-order valence-electron chi connectivity index (χ1n) is 8.70. The fourth-order valence-corrected chi connectivity index (χ4v) is 3.19. The van der Waals surface area contributed by atoms with E-state index in [-0.39, 0.29) is 17.7 Å². The number of aryl methyl sites for hydroxylation is 1. The van der Waals surface area contributed by atoms with Crippen LogP contribution < -0.4 is 10.2 Å². The number of benzene rings is 2. The molecule has 3 rings (SSSR count). The zero-order valence-corrected chi connectivity index (χ0v) is 14.4. The number of hydrogen-bond acceptors (Lipinski definition) is 3. The van der Waals surface area contributed by atoms with E-state index in [1.165, 1.54) is 6.07 Å². The molecule has 5 heteroatoms. The molecule has 25 heavy (non-hydrogen) atoms. The molecule has 1 aliphatic rings. The molecule has 0 aromatic heterocycles. The molecule has 2 aromatic carbocycles. The number of rotatable bonds is 5. The van der Waals surface area contributed by atoms with Gasteiger partial charge in [0.05, 0.1) is 11.8 Å². The number of aliphatic hydroxyl groups excluding tert-OH is 1. The molecule has 0 aliphatic carbocycles. The van der Waals surface area contributed by atoms with E-state index in [9.17, 15) is 13.9 Å². The summed E-state index contributed by atoms with van der Waals surface area (Å²) >= 11 is 0. The van der Waals surface area contributed by atoms with E-state index in [1.807, 2.05) is 23.1 Å². The van der Waals surface area contributed by atoms with Gasteiger partial charge in [-0.25, -0.2) is 8.78 Å². The van der Waals surface area contributed by atoms with Crippen molar-refractivity contribution in [2.75, 3.05) is 18.0 Å². The monoisotopic (exact) mass is 346 g/mol. The first-order valence-corrected chi connectivity index (χ1v) is 8.70.